The van der Waals surface area contributed by atoms with E-state index in [1.807, 2.05) is 42.5 Å². The van der Waals surface area contributed by atoms with Gasteiger partial charge in [0.05, 0.1) is 0 Å². The van der Waals surface area contributed by atoms with Crippen LogP contribution in [-0.2, 0) is 16.1 Å². The maximum atomic E-state index is 12.6. The van der Waals surface area contributed by atoms with Crippen LogP contribution in [0.2, 0.25) is 0 Å². The topological polar surface area (TPSA) is 124 Å². The van der Waals surface area contributed by atoms with Crippen LogP contribution in [0.4, 0.5) is 13.2 Å². The van der Waals surface area contributed by atoms with E-state index >= 15 is 0 Å². The smallest absolute Gasteiger partial charge is 0.475 e. The SMILES string of the molecule is C[C@H](O)C(=O)N(CCN1C2CCC1CC(c1cccc(C(N)=O)c1)C2)Cc1ccccc1.O=C(O)C(F)(F)F. The molecule has 212 valence electrons. The number of aliphatic hydroxyl groups excluding tert-OH is 1. The van der Waals surface area contributed by atoms with Crippen molar-refractivity contribution in [2.24, 2.45) is 5.73 Å². The Morgan fingerprint density at radius 3 is 2.15 bits per heavy atom. The average Bonchev–Trinajstić information content (AvgIpc) is 3.12. The number of alkyl halides is 3. The number of piperidine rings is 1. The Bertz CT molecular complexity index is 1130. The highest BCUT2D eigenvalue weighted by Crippen LogP contribution is 2.43. The van der Waals surface area contributed by atoms with Crippen molar-refractivity contribution in [2.75, 3.05) is 13.1 Å². The second-order valence-electron chi connectivity index (χ2n) is 10.0. The third-order valence-electron chi connectivity index (χ3n) is 7.28. The summed E-state index contributed by atoms with van der Waals surface area (Å²) in [6, 6.07) is 18.6. The molecule has 4 N–H and O–H groups in total. The molecular formula is C28H34F3N3O5. The summed E-state index contributed by atoms with van der Waals surface area (Å²) in [4.78, 5) is 37.5. The molecule has 2 bridgehead atoms. The lowest BCUT2D eigenvalue weighted by Gasteiger charge is -2.40. The van der Waals surface area contributed by atoms with Crippen LogP contribution >= 0.6 is 0 Å². The monoisotopic (exact) mass is 549 g/mol. The lowest BCUT2D eigenvalue weighted by atomic mass is 9.84. The number of benzene rings is 2. The van der Waals surface area contributed by atoms with Gasteiger partial charge in [-0.1, -0.05) is 42.5 Å². The van der Waals surface area contributed by atoms with Crippen molar-refractivity contribution in [1.82, 2.24) is 9.80 Å². The van der Waals surface area contributed by atoms with E-state index in [-0.39, 0.29) is 11.8 Å². The number of rotatable bonds is 8. The van der Waals surface area contributed by atoms with Gasteiger partial charge in [0, 0.05) is 37.3 Å². The highest BCUT2D eigenvalue weighted by Gasteiger charge is 2.41. The molecule has 2 saturated heterocycles. The van der Waals surface area contributed by atoms with E-state index in [1.165, 1.54) is 25.3 Å². The van der Waals surface area contributed by atoms with Gasteiger partial charge < -0.3 is 20.8 Å². The minimum Gasteiger partial charge on any atom is -0.475 e. The zero-order chi connectivity index (χ0) is 28.7. The van der Waals surface area contributed by atoms with Gasteiger partial charge in [-0.15, -0.1) is 0 Å². The highest BCUT2D eigenvalue weighted by molar-refractivity contribution is 5.92. The summed E-state index contributed by atoms with van der Waals surface area (Å²) in [5.74, 6) is -2.93. The molecule has 2 aliphatic heterocycles. The number of nitrogens with zero attached hydrogens (tertiary/aromatic N) is 2. The number of aliphatic hydroxyl groups is 1. The third-order valence-corrected chi connectivity index (χ3v) is 7.28. The summed E-state index contributed by atoms with van der Waals surface area (Å²) in [6.45, 7) is 3.47. The summed E-state index contributed by atoms with van der Waals surface area (Å²) in [6.07, 6.45) is -1.64. The molecule has 4 rings (SSSR count). The molecule has 8 nitrogen and oxygen atoms in total. The van der Waals surface area contributed by atoms with E-state index < -0.39 is 18.2 Å². The maximum Gasteiger partial charge on any atom is 0.490 e. The van der Waals surface area contributed by atoms with Crippen molar-refractivity contribution in [3.05, 3.63) is 71.3 Å². The van der Waals surface area contributed by atoms with E-state index in [1.54, 1.807) is 11.0 Å². The first kappa shape index (κ1) is 30.1. The minimum absolute atomic E-state index is 0.223. The van der Waals surface area contributed by atoms with Crippen LogP contribution in [0.1, 0.15) is 60.0 Å². The van der Waals surface area contributed by atoms with Crippen molar-refractivity contribution in [2.45, 2.75) is 69.4 Å². The molecule has 11 heteroatoms. The fraction of sp³-hybridized carbons (Fsp3) is 0.464. The van der Waals surface area contributed by atoms with Crippen LogP contribution in [-0.4, -0.2) is 75.2 Å². The predicted octanol–water partition coefficient (Wildman–Crippen LogP) is 3.54. The highest BCUT2D eigenvalue weighted by atomic mass is 19.4. The van der Waals surface area contributed by atoms with E-state index in [4.69, 9.17) is 15.6 Å². The maximum absolute atomic E-state index is 12.6. The van der Waals surface area contributed by atoms with Crippen LogP contribution in [0, 0.1) is 0 Å². The molecule has 0 aliphatic carbocycles. The molecule has 39 heavy (non-hydrogen) atoms. The van der Waals surface area contributed by atoms with Crippen LogP contribution in [0.25, 0.3) is 0 Å². The molecule has 0 saturated carbocycles. The van der Waals surface area contributed by atoms with Crippen molar-refractivity contribution in [1.29, 1.82) is 0 Å². The number of hydrogen-bond donors (Lipinski definition) is 3. The molecule has 2 unspecified atom stereocenters. The summed E-state index contributed by atoms with van der Waals surface area (Å²) in [7, 11) is 0. The number of carbonyl (C=O) groups is 3. The molecular weight excluding hydrogens is 515 g/mol. The Morgan fingerprint density at radius 2 is 1.64 bits per heavy atom. The molecule has 0 radical (unpaired) electrons. The van der Waals surface area contributed by atoms with Gasteiger partial charge in [-0.25, -0.2) is 4.79 Å². The Kier molecular flexibility index (Phi) is 10.1. The van der Waals surface area contributed by atoms with Crippen LogP contribution in [0.3, 0.4) is 0 Å². The third kappa shape index (κ3) is 8.27. The molecule has 2 aliphatic rings. The molecule has 2 heterocycles. The standard InChI is InChI=1S/C26H33N3O3.C2HF3O2/c1-18(30)26(32)28(17-19-6-3-2-4-7-19)12-13-29-23-10-11-24(29)16-22(15-23)20-8-5-9-21(14-20)25(27)31;3-2(4,5)1(6)7/h2-9,14,18,22-24,30H,10-13,15-17H2,1H3,(H2,27,31);(H,6,7)/t18-,22?,23?,24?;/m0./s1. The number of aliphatic carboxylic acids is 1. The number of hydrogen-bond acceptors (Lipinski definition) is 5. The van der Waals surface area contributed by atoms with Crippen LogP contribution in [0.15, 0.2) is 54.6 Å². The number of carboxylic acid groups (broad SMARTS) is 1. The van der Waals surface area contributed by atoms with Gasteiger partial charge >= 0.3 is 12.1 Å². The predicted molar refractivity (Wildman–Crippen MR) is 138 cm³/mol. The summed E-state index contributed by atoms with van der Waals surface area (Å²) in [5.41, 5.74) is 8.32. The fourth-order valence-corrected chi connectivity index (χ4v) is 5.43. The van der Waals surface area contributed by atoms with Crippen molar-refractivity contribution < 1.29 is 37.8 Å². The number of halogens is 3. The first-order valence-corrected chi connectivity index (χ1v) is 12.8. The number of carbonyl (C=O) groups excluding carboxylic acids is 2. The summed E-state index contributed by atoms with van der Waals surface area (Å²) >= 11 is 0. The Balaban J connectivity index is 0.000000532. The quantitative estimate of drug-likeness (QED) is 0.463. The van der Waals surface area contributed by atoms with Crippen molar-refractivity contribution in [3.8, 4) is 0 Å². The normalized spacial score (nSPS) is 21.4. The second-order valence-corrected chi connectivity index (χ2v) is 10.0. The summed E-state index contributed by atoms with van der Waals surface area (Å²) < 4.78 is 31.7. The number of carboxylic acids is 1. The number of primary amides is 1. The van der Waals surface area contributed by atoms with Crippen molar-refractivity contribution >= 4 is 17.8 Å². The van der Waals surface area contributed by atoms with Gasteiger partial charge in [-0.05, 0) is 61.8 Å². The molecule has 3 atom stereocenters. The zero-order valence-electron chi connectivity index (χ0n) is 21.7. The van der Waals surface area contributed by atoms with Crippen LogP contribution < -0.4 is 5.73 Å². The van der Waals surface area contributed by atoms with E-state index in [9.17, 15) is 27.9 Å². The van der Waals surface area contributed by atoms with E-state index in [2.05, 4.69) is 11.0 Å². The Labute approximate surface area is 225 Å². The summed E-state index contributed by atoms with van der Waals surface area (Å²) in [5, 5.41) is 17.0. The van der Waals surface area contributed by atoms with Crippen LogP contribution in [0.5, 0.6) is 0 Å². The van der Waals surface area contributed by atoms with E-state index in [0.717, 1.165) is 24.9 Å². The molecule has 2 aromatic rings. The second kappa shape index (κ2) is 13.1. The van der Waals surface area contributed by atoms with Gasteiger partial charge in [0.1, 0.15) is 6.10 Å². The van der Waals surface area contributed by atoms with Gasteiger partial charge in [0.2, 0.25) is 5.91 Å². The van der Waals surface area contributed by atoms with Gasteiger partial charge in [0.25, 0.3) is 5.91 Å². The van der Waals surface area contributed by atoms with E-state index in [0.29, 0.717) is 36.7 Å². The molecule has 2 aromatic carbocycles. The lowest BCUT2D eigenvalue weighted by Crippen LogP contribution is -2.48. The minimum atomic E-state index is -5.08. The average molecular weight is 550 g/mol. The lowest BCUT2D eigenvalue weighted by molar-refractivity contribution is -0.192. The van der Waals surface area contributed by atoms with Crippen molar-refractivity contribution in [3.63, 3.8) is 0 Å². The first-order valence-electron chi connectivity index (χ1n) is 12.8. The molecule has 2 fully saturated rings. The molecule has 2 amide bonds. The molecule has 0 aromatic heterocycles. The fourth-order valence-electron chi connectivity index (χ4n) is 5.43. The zero-order valence-corrected chi connectivity index (χ0v) is 21.7. The van der Waals surface area contributed by atoms with Gasteiger partial charge in [0.15, 0.2) is 0 Å². The number of amides is 2. The van der Waals surface area contributed by atoms with Gasteiger partial charge in [-0.2, -0.15) is 13.2 Å². The first-order chi connectivity index (χ1) is 18.4. The number of fused-ring (bicyclic) bond motifs is 2. The number of nitrogens with two attached hydrogens (primary N) is 1. The Hall–Kier alpha value is -3.44. The Morgan fingerprint density at radius 1 is 1.05 bits per heavy atom. The van der Waals surface area contributed by atoms with Gasteiger partial charge in [-0.3, -0.25) is 14.5 Å². The molecule has 0 spiro atoms. The largest absolute Gasteiger partial charge is 0.490 e.